The number of aromatic nitrogens is 2. The number of carbonyl (C=O) groups excluding carboxylic acids is 1. The number of urea groups is 1. The molecule has 4 N–H and O–H groups in total. The highest BCUT2D eigenvalue weighted by molar-refractivity contribution is 5.99. The molecule has 0 aliphatic rings. The van der Waals surface area contributed by atoms with E-state index in [4.69, 9.17) is 10.3 Å². The van der Waals surface area contributed by atoms with Gasteiger partial charge in [-0.2, -0.15) is 0 Å². The summed E-state index contributed by atoms with van der Waals surface area (Å²) in [5, 5.41) is 9.28. The molecule has 2 amide bonds. The number of rotatable bonds is 2. The van der Waals surface area contributed by atoms with Crippen molar-refractivity contribution in [3.63, 3.8) is 0 Å². The second kappa shape index (κ2) is 7.84. The molecule has 7 nitrogen and oxygen atoms in total. The molecule has 0 radical (unpaired) electrons. The molecule has 28 heavy (non-hydrogen) atoms. The third-order valence-corrected chi connectivity index (χ3v) is 3.75. The highest BCUT2D eigenvalue weighted by Gasteiger charge is 2.20. The number of amides is 2. The van der Waals surface area contributed by atoms with E-state index in [-0.39, 0.29) is 5.41 Å². The van der Waals surface area contributed by atoms with Crippen LogP contribution in [0.1, 0.15) is 37.7 Å². The summed E-state index contributed by atoms with van der Waals surface area (Å²) in [6.45, 7) is 6.01. The van der Waals surface area contributed by atoms with Crippen molar-refractivity contribution in [1.82, 2.24) is 10.1 Å². The SMILES string of the molecule is CC(C)(C)c1cc(NC(=O)Nc2cccc(C#Cc3ccc(N)nc3)c2)no1. The van der Waals surface area contributed by atoms with Crippen LogP contribution in [0.4, 0.5) is 22.1 Å². The van der Waals surface area contributed by atoms with E-state index in [0.29, 0.717) is 23.1 Å². The van der Waals surface area contributed by atoms with Crippen molar-refractivity contribution in [2.45, 2.75) is 26.2 Å². The van der Waals surface area contributed by atoms with Gasteiger partial charge in [0.15, 0.2) is 5.82 Å². The van der Waals surface area contributed by atoms with Crippen LogP contribution in [0.15, 0.2) is 53.2 Å². The predicted octanol–water partition coefficient (Wildman–Crippen LogP) is 3.99. The van der Waals surface area contributed by atoms with Gasteiger partial charge in [0.25, 0.3) is 0 Å². The maximum atomic E-state index is 12.2. The van der Waals surface area contributed by atoms with Gasteiger partial charge in [0.2, 0.25) is 0 Å². The monoisotopic (exact) mass is 375 g/mol. The third-order valence-electron chi connectivity index (χ3n) is 3.75. The number of hydrogen-bond donors (Lipinski definition) is 3. The van der Waals surface area contributed by atoms with E-state index in [1.165, 1.54) is 0 Å². The lowest BCUT2D eigenvalue weighted by Gasteiger charge is -2.12. The standard InChI is InChI=1S/C21H21N5O2/c1-21(2,3)17-12-19(26-28-17)25-20(27)24-16-6-4-5-14(11-16)7-8-15-9-10-18(22)23-13-15/h4-6,9-13H,1-3H3,(H2,22,23)(H2,24,25,26,27). The smallest absolute Gasteiger partial charge is 0.324 e. The fourth-order valence-electron chi connectivity index (χ4n) is 2.26. The fourth-order valence-corrected chi connectivity index (χ4v) is 2.26. The van der Waals surface area contributed by atoms with Crippen LogP contribution in [0.3, 0.4) is 0 Å². The number of anilines is 3. The second-order valence-electron chi connectivity index (χ2n) is 7.21. The van der Waals surface area contributed by atoms with E-state index in [1.807, 2.05) is 32.9 Å². The van der Waals surface area contributed by atoms with Gasteiger partial charge in [-0.15, -0.1) is 0 Å². The number of nitrogens with one attached hydrogen (secondary N) is 2. The van der Waals surface area contributed by atoms with E-state index < -0.39 is 6.03 Å². The Bertz CT molecular complexity index is 1040. The van der Waals surface area contributed by atoms with Crippen LogP contribution in [0, 0.1) is 11.8 Å². The zero-order valence-corrected chi connectivity index (χ0v) is 15.9. The molecule has 0 atom stereocenters. The van der Waals surface area contributed by atoms with Crippen molar-refractivity contribution < 1.29 is 9.32 Å². The largest absolute Gasteiger partial charge is 0.384 e. The topological polar surface area (TPSA) is 106 Å². The van der Waals surface area contributed by atoms with E-state index in [9.17, 15) is 4.79 Å². The Hall–Kier alpha value is -3.79. The maximum absolute atomic E-state index is 12.2. The first-order valence-corrected chi connectivity index (χ1v) is 8.68. The summed E-state index contributed by atoms with van der Waals surface area (Å²) in [6.07, 6.45) is 1.61. The first kappa shape index (κ1) is 19.0. The van der Waals surface area contributed by atoms with Crippen LogP contribution in [0.2, 0.25) is 0 Å². The zero-order chi connectivity index (χ0) is 20.1. The second-order valence-corrected chi connectivity index (χ2v) is 7.21. The van der Waals surface area contributed by atoms with E-state index in [0.717, 1.165) is 11.1 Å². The van der Waals surface area contributed by atoms with Crippen LogP contribution in [0.5, 0.6) is 0 Å². The van der Waals surface area contributed by atoms with Crippen molar-refractivity contribution in [2.75, 3.05) is 16.4 Å². The van der Waals surface area contributed by atoms with Crippen molar-refractivity contribution >= 4 is 23.4 Å². The van der Waals surface area contributed by atoms with Crippen LogP contribution < -0.4 is 16.4 Å². The molecule has 7 heteroatoms. The molecule has 0 fully saturated rings. The molecule has 3 aromatic rings. The van der Waals surface area contributed by atoms with Crippen molar-refractivity contribution in [3.05, 3.63) is 65.5 Å². The van der Waals surface area contributed by atoms with Gasteiger partial charge in [0, 0.05) is 34.5 Å². The molecule has 0 saturated heterocycles. The van der Waals surface area contributed by atoms with Gasteiger partial charge in [-0.1, -0.05) is 43.8 Å². The number of benzene rings is 1. The van der Waals surface area contributed by atoms with Crippen LogP contribution in [-0.2, 0) is 5.41 Å². The van der Waals surface area contributed by atoms with E-state index >= 15 is 0 Å². The Labute approximate surface area is 163 Å². The average Bonchev–Trinajstić information content (AvgIpc) is 3.10. The Morgan fingerprint density at radius 3 is 2.54 bits per heavy atom. The van der Waals surface area contributed by atoms with Gasteiger partial charge in [0.05, 0.1) is 0 Å². The van der Waals surface area contributed by atoms with Crippen molar-refractivity contribution in [2.24, 2.45) is 0 Å². The Morgan fingerprint density at radius 2 is 1.86 bits per heavy atom. The average molecular weight is 375 g/mol. The lowest BCUT2D eigenvalue weighted by molar-refractivity contribution is 0.262. The summed E-state index contributed by atoms with van der Waals surface area (Å²) in [5.41, 5.74) is 7.50. The Morgan fingerprint density at radius 1 is 1.07 bits per heavy atom. The molecule has 2 heterocycles. The summed E-state index contributed by atoms with van der Waals surface area (Å²) >= 11 is 0. The molecular weight excluding hydrogens is 354 g/mol. The molecular formula is C21H21N5O2. The number of hydrogen-bond acceptors (Lipinski definition) is 5. The number of nitrogens with zero attached hydrogens (tertiary/aromatic N) is 2. The highest BCUT2D eigenvalue weighted by atomic mass is 16.5. The van der Waals surface area contributed by atoms with Gasteiger partial charge in [-0.25, -0.2) is 9.78 Å². The van der Waals surface area contributed by atoms with Gasteiger partial charge < -0.3 is 15.6 Å². The molecule has 0 spiro atoms. The minimum Gasteiger partial charge on any atom is -0.384 e. The highest BCUT2D eigenvalue weighted by Crippen LogP contribution is 2.24. The minimum atomic E-state index is -0.415. The number of pyridine rings is 1. The molecule has 0 saturated carbocycles. The Balaban J connectivity index is 1.65. The van der Waals surface area contributed by atoms with Gasteiger partial charge in [-0.3, -0.25) is 5.32 Å². The van der Waals surface area contributed by atoms with Crippen LogP contribution >= 0.6 is 0 Å². The maximum Gasteiger partial charge on any atom is 0.324 e. The normalized spacial score (nSPS) is 10.7. The molecule has 0 unspecified atom stereocenters. The molecule has 0 aliphatic heterocycles. The zero-order valence-electron chi connectivity index (χ0n) is 15.9. The summed E-state index contributed by atoms with van der Waals surface area (Å²) in [4.78, 5) is 16.2. The van der Waals surface area contributed by atoms with Crippen LogP contribution in [-0.4, -0.2) is 16.2 Å². The molecule has 3 rings (SSSR count). The number of nitrogen functional groups attached to an aromatic ring is 1. The molecule has 0 bridgehead atoms. The van der Waals surface area contributed by atoms with Gasteiger partial charge >= 0.3 is 6.03 Å². The molecule has 1 aromatic carbocycles. The summed E-state index contributed by atoms with van der Waals surface area (Å²) < 4.78 is 5.26. The van der Waals surface area contributed by atoms with Gasteiger partial charge in [0.1, 0.15) is 11.6 Å². The first-order valence-electron chi connectivity index (χ1n) is 8.68. The molecule has 0 aliphatic carbocycles. The van der Waals surface area contributed by atoms with Crippen molar-refractivity contribution in [3.8, 4) is 11.8 Å². The number of carbonyl (C=O) groups is 1. The van der Waals surface area contributed by atoms with Crippen LogP contribution in [0.25, 0.3) is 0 Å². The first-order chi connectivity index (χ1) is 13.3. The molecule has 142 valence electrons. The van der Waals surface area contributed by atoms with E-state index in [2.05, 4.69) is 32.6 Å². The van der Waals surface area contributed by atoms with Crippen molar-refractivity contribution in [1.29, 1.82) is 0 Å². The third kappa shape index (κ3) is 5.11. The summed E-state index contributed by atoms with van der Waals surface area (Å²) in [7, 11) is 0. The number of nitrogens with two attached hydrogens (primary N) is 1. The van der Waals surface area contributed by atoms with Gasteiger partial charge in [-0.05, 0) is 30.3 Å². The lowest BCUT2D eigenvalue weighted by Crippen LogP contribution is -2.19. The van der Waals surface area contributed by atoms with E-state index in [1.54, 1.807) is 36.5 Å². The predicted molar refractivity (Wildman–Crippen MR) is 109 cm³/mol. The summed E-state index contributed by atoms with van der Waals surface area (Å²) in [6, 6.07) is 12.0. The Kier molecular flexibility index (Phi) is 5.32. The summed E-state index contributed by atoms with van der Waals surface area (Å²) in [5.74, 6) is 7.54. The molecule has 2 aromatic heterocycles. The lowest BCUT2D eigenvalue weighted by atomic mass is 9.93. The fraction of sp³-hybridized carbons (Fsp3) is 0.190. The minimum absolute atomic E-state index is 0.184. The quantitative estimate of drug-likeness (QED) is 0.587.